The van der Waals surface area contributed by atoms with Crippen molar-refractivity contribution in [2.75, 3.05) is 6.54 Å². The number of hydroxylamine groups is 2. The van der Waals surface area contributed by atoms with Gasteiger partial charge in [0.15, 0.2) is 0 Å². The van der Waals surface area contributed by atoms with E-state index in [9.17, 15) is 13.2 Å². The van der Waals surface area contributed by atoms with Gasteiger partial charge < -0.3 is 4.90 Å². The van der Waals surface area contributed by atoms with E-state index in [1.807, 2.05) is 24.3 Å². The molecule has 2 amide bonds. The molecule has 2 aliphatic rings. The summed E-state index contributed by atoms with van der Waals surface area (Å²) in [7, 11) is -4.74. The lowest BCUT2D eigenvalue weighted by Gasteiger charge is -2.34. The van der Waals surface area contributed by atoms with Crippen molar-refractivity contribution in [2.45, 2.75) is 19.0 Å². The van der Waals surface area contributed by atoms with Crippen LogP contribution in [0.3, 0.4) is 0 Å². The first-order valence-electron chi connectivity index (χ1n) is 5.66. The topological polar surface area (TPSA) is 87.2 Å². The van der Waals surface area contributed by atoms with Crippen molar-refractivity contribution < 1.29 is 22.0 Å². The summed E-state index contributed by atoms with van der Waals surface area (Å²) < 4.78 is 35.1. The van der Waals surface area contributed by atoms with Crippen LogP contribution < -0.4 is 0 Å². The van der Waals surface area contributed by atoms with Crippen LogP contribution in [0.15, 0.2) is 24.3 Å². The molecule has 1 unspecified atom stereocenters. The van der Waals surface area contributed by atoms with E-state index in [-0.39, 0.29) is 0 Å². The number of carbonyl (C=O) groups is 1. The van der Waals surface area contributed by atoms with Gasteiger partial charge in [0.1, 0.15) is 5.54 Å². The maximum Gasteiger partial charge on any atom is 0.418 e. The zero-order valence-electron chi connectivity index (χ0n) is 10.1. The number of benzene rings is 1. The molecule has 0 spiro atoms. The molecule has 2 bridgehead atoms. The van der Waals surface area contributed by atoms with Crippen LogP contribution in [0.25, 0.3) is 0 Å². The third kappa shape index (κ3) is 1.79. The molecule has 8 heteroatoms. The molecule has 1 fully saturated rings. The van der Waals surface area contributed by atoms with Gasteiger partial charge >= 0.3 is 16.4 Å². The molecule has 1 aromatic carbocycles. The van der Waals surface area contributed by atoms with E-state index < -0.39 is 22.0 Å². The third-order valence-electron chi connectivity index (χ3n) is 3.52. The monoisotopic (exact) mass is 284 g/mol. The lowest BCUT2D eigenvalue weighted by atomic mass is 9.86. The summed E-state index contributed by atoms with van der Waals surface area (Å²) in [6.07, 6.45) is 0. The summed E-state index contributed by atoms with van der Waals surface area (Å²) in [5, 5.41) is 0.730. The minimum atomic E-state index is -4.74. The maximum absolute atomic E-state index is 12.1. The first kappa shape index (κ1) is 12.4. The van der Waals surface area contributed by atoms with Crippen LogP contribution in [0, 0.1) is 0 Å². The highest BCUT2D eigenvalue weighted by Gasteiger charge is 2.54. The number of fused-ring (bicyclic) bond motifs is 4. The van der Waals surface area contributed by atoms with Crippen LogP contribution in [0.4, 0.5) is 4.79 Å². The summed E-state index contributed by atoms with van der Waals surface area (Å²) in [5.74, 6) is 0. The highest BCUT2D eigenvalue weighted by Crippen LogP contribution is 2.42. The number of hydrogen-bond donors (Lipinski definition) is 1. The van der Waals surface area contributed by atoms with E-state index in [0.717, 1.165) is 16.2 Å². The fourth-order valence-corrected chi connectivity index (χ4v) is 3.18. The molecule has 19 heavy (non-hydrogen) atoms. The second-order valence-corrected chi connectivity index (χ2v) is 5.87. The smallest absolute Gasteiger partial charge is 0.316 e. The molecule has 7 nitrogen and oxygen atoms in total. The molecule has 0 aliphatic carbocycles. The predicted molar refractivity (Wildman–Crippen MR) is 64.1 cm³/mol. The number of urea groups is 1. The van der Waals surface area contributed by atoms with Crippen molar-refractivity contribution in [1.82, 2.24) is 9.96 Å². The van der Waals surface area contributed by atoms with Crippen molar-refractivity contribution in [3.05, 3.63) is 35.4 Å². The van der Waals surface area contributed by atoms with E-state index in [2.05, 4.69) is 4.28 Å². The molecule has 1 atom stereocenters. The second kappa shape index (κ2) is 3.69. The Labute approximate surface area is 110 Å². The Hall–Kier alpha value is -1.64. The maximum atomic E-state index is 12.1. The molecule has 2 heterocycles. The quantitative estimate of drug-likeness (QED) is 0.815. The average molecular weight is 284 g/mol. The van der Waals surface area contributed by atoms with Crippen molar-refractivity contribution in [1.29, 1.82) is 0 Å². The summed E-state index contributed by atoms with van der Waals surface area (Å²) in [6, 6.07) is 6.80. The van der Waals surface area contributed by atoms with Gasteiger partial charge in [0.2, 0.25) is 0 Å². The lowest BCUT2D eigenvalue weighted by molar-refractivity contribution is -0.0738. The molecule has 0 aromatic heterocycles. The van der Waals surface area contributed by atoms with Gasteiger partial charge in [-0.2, -0.15) is 13.5 Å². The molecular formula is C11H12N2O5S. The van der Waals surface area contributed by atoms with Crippen LogP contribution in [0.1, 0.15) is 18.1 Å². The van der Waals surface area contributed by atoms with Gasteiger partial charge in [-0.1, -0.05) is 24.3 Å². The summed E-state index contributed by atoms with van der Waals surface area (Å²) in [6.45, 7) is 2.42. The van der Waals surface area contributed by atoms with Crippen molar-refractivity contribution >= 4 is 16.4 Å². The zero-order chi connectivity index (χ0) is 13.8. The first-order chi connectivity index (χ1) is 8.81. The number of amides is 2. The fraction of sp³-hybridized carbons (Fsp3) is 0.364. The normalized spacial score (nSPS) is 25.7. The molecule has 1 N–H and O–H groups in total. The van der Waals surface area contributed by atoms with E-state index in [1.165, 1.54) is 4.90 Å². The summed E-state index contributed by atoms with van der Waals surface area (Å²) >= 11 is 0. The van der Waals surface area contributed by atoms with Gasteiger partial charge in [0.05, 0.1) is 6.54 Å². The Morgan fingerprint density at radius 2 is 2.05 bits per heavy atom. The fourth-order valence-electron chi connectivity index (χ4n) is 2.76. The number of rotatable bonds is 2. The molecule has 2 aliphatic heterocycles. The van der Waals surface area contributed by atoms with Gasteiger partial charge in [-0.15, -0.1) is 4.28 Å². The third-order valence-corrected chi connectivity index (χ3v) is 3.86. The Bertz CT molecular complexity index is 659. The molecule has 3 rings (SSSR count). The Morgan fingerprint density at radius 1 is 1.37 bits per heavy atom. The number of nitrogens with zero attached hydrogens (tertiary/aromatic N) is 2. The zero-order valence-corrected chi connectivity index (χ0v) is 10.9. The lowest BCUT2D eigenvalue weighted by Crippen LogP contribution is -2.44. The van der Waals surface area contributed by atoms with Gasteiger partial charge in [-0.3, -0.25) is 4.55 Å². The number of carbonyl (C=O) groups excluding carboxylic acids is 1. The van der Waals surface area contributed by atoms with Gasteiger partial charge in [0, 0.05) is 6.54 Å². The highest BCUT2D eigenvalue weighted by atomic mass is 32.3. The van der Waals surface area contributed by atoms with Crippen LogP contribution in [0.2, 0.25) is 0 Å². The molecule has 1 saturated heterocycles. The first-order valence-corrected chi connectivity index (χ1v) is 7.02. The average Bonchev–Trinajstić information content (AvgIpc) is 2.50. The molecular weight excluding hydrogens is 272 g/mol. The Kier molecular flexibility index (Phi) is 2.40. The van der Waals surface area contributed by atoms with Gasteiger partial charge in [-0.25, -0.2) is 4.79 Å². The minimum Gasteiger partial charge on any atom is -0.316 e. The molecule has 1 aromatic rings. The summed E-state index contributed by atoms with van der Waals surface area (Å²) in [5.41, 5.74) is 0.827. The SMILES string of the molecule is CC12CN(Cc3ccccc31)C(=O)N2OS(=O)(=O)O. The van der Waals surface area contributed by atoms with E-state index in [1.54, 1.807) is 6.92 Å². The van der Waals surface area contributed by atoms with Crippen LogP contribution >= 0.6 is 0 Å². The Morgan fingerprint density at radius 3 is 2.74 bits per heavy atom. The Balaban J connectivity index is 2.12. The van der Waals surface area contributed by atoms with Crippen molar-refractivity contribution in [3.63, 3.8) is 0 Å². The summed E-state index contributed by atoms with van der Waals surface area (Å²) in [4.78, 5) is 13.6. The number of hydrogen-bond acceptors (Lipinski definition) is 4. The van der Waals surface area contributed by atoms with Crippen LogP contribution in [-0.4, -0.2) is 35.5 Å². The minimum absolute atomic E-state index is 0.318. The van der Waals surface area contributed by atoms with E-state index in [4.69, 9.17) is 4.55 Å². The van der Waals surface area contributed by atoms with E-state index in [0.29, 0.717) is 13.1 Å². The molecule has 0 radical (unpaired) electrons. The largest absolute Gasteiger partial charge is 0.418 e. The molecule has 0 saturated carbocycles. The standard InChI is InChI=1S/C11H12N2O5S/c1-11-7-12(6-8-4-2-3-5-9(8)11)10(14)13(11)18-19(15,16)17/h2-5H,6-7H2,1H3,(H,15,16,17). The van der Waals surface area contributed by atoms with Crippen LogP contribution in [0.5, 0.6) is 0 Å². The second-order valence-electron chi connectivity index (χ2n) is 4.87. The highest BCUT2D eigenvalue weighted by molar-refractivity contribution is 7.80. The molecule has 102 valence electrons. The van der Waals surface area contributed by atoms with Crippen molar-refractivity contribution in [2.24, 2.45) is 0 Å². The van der Waals surface area contributed by atoms with Gasteiger partial charge in [0.25, 0.3) is 0 Å². The van der Waals surface area contributed by atoms with E-state index >= 15 is 0 Å². The van der Waals surface area contributed by atoms with Crippen molar-refractivity contribution in [3.8, 4) is 0 Å². The van der Waals surface area contributed by atoms with Crippen LogP contribution in [-0.2, 0) is 26.8 Å². The predicted octanol–water partition coefficient (Wildman–Crippen LogP) is 0.887. The van der Waals surface area contributed by atoms with Gasteiger partial charge in [-0.05, 0) is 18.1 Å².